The van der Waals surface area contributed by atoms with Gasteiger partial charge in [-0.05, 0) is 19.1 Å². The van der Waals surface area contributed by atoms with Gasteiger partial charge in [-0.25, -0.2) is 0 Å². The van der Waals surface area contributed by atoms with Crippen molar-refractivity contribution in [3.63, 3.8) is 0 Å². The molecular weight excluding hydrogens is 286 g/mol. The molecule has 108 valence electrons. The fourth-order valence-electron chi connectivity index (χ4n) is 1.60. The van der Waals surface area contributed by atoms with Gasteiger partial charge in [-0.15, -0.1) is 11.3 Å². The van der Waals surface area contributed by atoms with Crippen LogP contribution in [0.1, 0.15) is 11.8 Å². The summed E-state index contributed by atoms with van der Waals surface area (Å²) in [4.78, 5) is 5.06. The zero-order valence-corrected chi connectivity index (χ0v) is 11.6. The van der Waals surface area contributed by atoms with Crippen LogP contribution >= 0.6 is 11.3 Å². The molecule has 1 heterocycles. The minimum absolute atomic E-state index is 0.0326. The first-order chi connectivity index (χ1) is 9.69. The van der Waals surface area contributed by atoms with Crippen molar-refractivity contribution in [3.8, 4) is 11.5 Å². The van der Waals surface area contributed by atoms with E-state index in [1.807, 2.05) is 0 Å². The molecule has 0 saturated heterocycles. The van der Waals surface area contributed by atoms with Crippen LogP contribution in [0.5, 0.6) is 11.5 Å². The molecule has 0 saturated carbocycles. The molecule has 2 rings (SSSR count). The van der Waals surface area contributed by atoms with Gasteiger partial charge in [-0.1, -0.05) is 0 Å². The maximum absolute atomic E-state index is 12.3. The fourth-order valence-corrected chi connectivity index (χ4v) is 2.13. The smallest absolute Gasteiger partial charge is 0.387 e. The summed E-state index contributed by atoms with van der Waals surface area (Å²) in [6.07, 6.45) is 1.77. The van der Waals surface area contributed by atoms with E-state index in [4.69, 9.17) is 4.74 Å². The van der Waals surface area contributed by atoms with Crippen LogP contribution in [0.4, 0.5) is 14.5 Å². The Labute approximate surface area is 119 Å². The molecule has 4 nitrogen and oxygen atoms in total. The van der Waals surface area contributed by atoms with Crippen LogP contribution in [0.15, 0.2) is 29.9 Å². The summed E-state index contributed by atoms with van der Waals surface area (Å²) < 4.78 is 34.3. The third-order valence-corrected chi connectivity index (χ3v) is 3.19. The lowest BCUT2D eigenvalue weighted by Crippen LogP contribution is -2.05. The van der Waals surface area contributed by atoms with Gasteiger partial charge in [0.1, 0.15) is 0 Å². The van der Waals surface area contributed by atoms with E-state index in [-0.39, 0.29) is 5.75 Å². The van der Waals surface area contributed by atoms with Gasteiger partial charge in [0.2, 0.25) is 0 Å². The monoisotopic (exact) mass is 300 g/mol. The van der Waals surface area contributed by atoms with Gasteiger partial charge >= 0.3 is 6.61 Å². The number of aromatic nitrogens is 1. The molecule has 1 aromatic heterocycles. The number of benzene rings is 1. The minimum Gasteiger partial charge on any atom is -0.490 e. The number of nitrogens with zero attached hydrogens (tertiary/aromatic N) is 1. The van der Waals surface area contributed by atoms with Crippen molar-refractivity contribution in [3.05, 3.63) is 34.8 Å². The predicted molar refractivity (Wildman–Crippen MR) is 73.7 cm³/mol. The number of alkyl halides is 2. The highest BCUT2D eigenvalue weighted by molar-refractivity contribution is 7.09. The Hall–Kier alpha value is -1.89. The number of halogens is 2. The number of hydrogen-bond donors (Lipinski definition) is 1. The summed E-state index contributed by atoms with van der Waals surface area (Å²) in [7, 11) is 0. The molecule has 0 bridgehead atoms. The molecule has 0 radical (unpaired) electrons. The summed E-state index contributed by atoms with van der Waals surface area (Å²) >= 11 is 1.54. The number of nitrogens with one attached hydrogen (secondary N) is 1. The van der Waals surface area contributed by atoms with Gasteiger partial charge in [0.05, 0.1) is 18.7 Å². The number of hydrogen-bond acceptors (Lipinski definition) is 5. The number of rotatable bonds is 7. The van der Waals surface area contributed by atoms with Gasteiger partial charge in [0.25, 0.3) is 0 Å². The number of ether oxygens (including phenoxy) is 2. The first kappa shape index (κ1) is 14.5. The largest absolute Gasteiger partial charge is 0.490 e. The van der Waals surface area contributed by atoms with Crippen molar-refractivity contribution in [1.29, 1.82) is 0 Å². The second kappa shape index (κ2) is 7.04. The highest BCUT2D eigenvalue weighted by Crippen LogP contribution is 2.32. The quantitative estimate of drug-likeness (QED) is 0.845. The highest BCUT2D eigenvalue weighted by atomic mass is 32.1. The average molecular weight is 300 g/mol. The lowest BCUT2D eigenvalue weighted by molar-refractivity contribution is -0.0514. The molecule has 1 N–H and O–H groups in total. The maximum atomic E-state index is 12.3. The Bertz CT molecular complexity index is 535. The second-order valence-electron chi connectivity index (χ2n) is 3.79. The van der Waals surface area contributed by atoms with E-state index in [1.165, 1.54) is 17.4 Å². The van der Waals surface area contributed by atoms with Gasteiger partial charge in [-0.3, -0.25) is 4.98 Å². The van der Waals surface area contributed by atoms with Gasteiger partial charge in [0, 0.05) is 22.8 Å². The molecule has 0 aliphatic heterocycles. The van der Waals surface area contributed by atoms with E-state index in [2.05, 4.69) is 15.0 Å². The van der Waals surface area contributed by atoms with Crippen molar-refractivity contribution in [2.75, 3.05) is 11.9 Å². The molecule has 0 fully saturated rings. The Morgan fingerprint density at radius 3 is 2.85 bits per heavy atom. The molecular formula is C13H14F2N2O2S. The van der Waals surface area contributed by atoms with E-state index in [1.54, 1.807) is 30.8 Å². The summed E-state index contributed by atoms with van der Waals surface area (Å²) in [5.41, 5.74) is 2.52. The van der Waals surface area contributed by atoms with Crippen molar-refractivity contribution >= 4 is 17.0 Å². The second-order valence-corrected chi connectivity index (χ2v) is 4.77. The molecule has 1 aromatic carbocycles. The summed E-state index contributed by atoms with van der Waals surface area (Å²) in [6, 6.07) is 4.77. The van der Waals surface area contributed by atoms with Crippen molar-refractivity contribution in [2.45, 2.75) is 20.1 Å². The molecule has 0 aliphatic carbocycles. The van der Waals surface area contributed by atoms with Crippen LogP contribution in [0.2, 0.25) is 0 Å². The minimum atomic E-state index is -2.87. The van der Waals surface area contributed by atoms with Crippen LogP contribution in [-0.2, 0) is 6.54 Å². The lowest BCUT2D eigenvalue weighted by Gasteiger charge is -2.13. The highest BCUT2D eigenvalue weighted by Gasteiger charge is 2.11. The van der Waals surface area contributed by atoms with E-state index >= 15 is 0 Å². The van der Waals surface area contributed by atoms with Crippen LogP contribution < -0.4 is 14.8 Å². The van der Waals surface area contributed by atoms with E-state index in [0.717, 1.165) is 10.6 Å². The SMILES string of the molecule is CCOc1cc(NCc2cncs2)ccc1OC(F)F. The van der Waals surface area contributed by atoms with Crippen molar-refractivity contribution in [2.24, 2.45) is 0 Å². The molecule has 0 aliphatic rings. The van der Waals surface area contributed by atoms with Crippen LogP contribution in [0.3, 0.4) is 0 Å². The Kier molecular flexibility index (Phi) is 5.11. The molecule has 0 spiro atoms. The standard InChI is InChI=1S/C13H14F2N2O2S/c1-2-18-12-5-9(3-4-11(12)19-13(14)15)17-7-10-6-16-8-20-10/h3-6,8,13,17H,2,7H2,1H3. The molecule has 20 heavy (non-hydrogen) atoms. The Morgan fingerprint density at radius 1 is 1.35 bits per heavy atom. The molecule has 2 aromatic rings. The molecule has 0 amide bonds. The topological polar surface area (TPSA) is 43.4 Å². The van der Waals surface area contributed by atoms with Crippen LogP contribution in [0, 0.1) is 0 Å². The zero-order valence-electron chi connectivity index (χ0n) is 10.8. The van der Waals surface area contributed by atoms with Crippen LogP contribution in [-0.4, -0.2) is 18.2 Å². The first-order valence-corrected chi connectivity index (χ1v) is 6.90. The van der Waals surface area contributed by atoms with Crippen molar-refractivity contribution < 1.29 is 18.3 Å². The maximum Gasteiger partial charge on any atom is 0.387 e. The fraction of sp³-hybridized carbons (Fsp3) is 0.308. The third-order valence-electron chi connectivity index (χ3n) is 2.41. The zero-order chi connectivity index (χ0) is 14.4. The summed E-state index contributed by atoms with van der Waals surface area (Å²) in [6.45, 7) is -0.0996. The molecule has 0 atom stereocenters. The van der Waals surface area contributed by atoms with Crippen LogP contribution in [0.25, 0.3) is 0 Å². The lowest BCUT2D eigenvalue weighted by atomic mass is 10.2. The molecule has 0 unspecified atom stereocenters. The molecule has 7 heteroatoms. The predicted octanol–water partition coefficient (Wildman–Crippen LogP) is 3.76. The normalized spacial score (nSPS) is 10.6. The van der Waals surface area contributed by atoms with Crippen molar-refractivity contribution in [1.82, 2.24) is 4.98 Å². The Balaban J connectivity index is 2.08. The van der Waals surface area contributed by atoms with Gasteiger partial charge < -0.3 is 14.8 Å². The number of anilines is 1. The van der Waals surface area contributed by atoms with E-state index < -0.39 is 6.61 Å². The van der Waals surface area contributed by atoms with Gasteiger partial charge in [0.15, 0.2) is 11.5 Å². The average Bonchev–Trinajstić information content (AvgIpc) is 2.92. The van der Waals surface area contributed by atoms with E-state index in [9.17, 15) is 8.78 Å². The van der Waals surface area contributed by atoms with E-state index in [0.29, 0.717) is 18.9 Å². The number of thiazole rings is 1. The third kappa shape index (κ3) is 4.06. The Morgan fingerprint density at radius 2 is 2.20 bits per heavy atom. The van der Waals surface area contributed by atoms with Gasteiger partial charge in [-0.2, -0.15) is 8.78 Å². The first-order valence-electron chi connectivity index (χ1n) is 6.02. The summed E-state index contributed by atoms with van der Waals surface area (Å²) in [5, 5.41) is 3.17. The summed E-state index contributed by atoms with van der Waals surface area (Å²) in [5.74, 6) is 0.326.